The predicted octanol–water partition coefficient (Wildman–Crippen LogP) is 9.95. The summed E-state index contributed by atoms with van der Waals surface area (Å²) in [4.78, 5) is 40.9. The van der Waals surface area contributed by atoms with Gasteiger partial charge in [-0.25, -0.2) is 18.1 Å². The monoisotopic (exact) mass is 970 g/mol. The van der Waals surface area contributed by atoms with Crippen molar-refractivity contribution in [3.05, 3.63) is 99.9 Å². The van der Waals surface area contributed by atoms with Gasteiger partial charge in [-0.05, 0) is 109 Å². The zero-order chi connectivity index (χ0) is 48.7. The van der Waals surface area contributed by atoms with E-state index in [1.54, 1.807) is 24.4 Å². The van der Waals surface area contributed by atoms with E-state index in [2.05, 4.69) is 82.0 Å². The fourth-order valence-electron chi connectivity index (χ4n) is 10.8. The van der Waals surface area contributed by atoms with Crippen molar-refractivity contribution in [1.29, 1.82) is 0 Å². The van der Waals surface area contributed by atoms with Crippen LogP contribution in [0.25, 0.3) is 11.0 Å². The van der Waals surface area contributed by atoms with Gasteiger partial charge in [0.25, 0.3) is 21.8 Å². The predicted molar refractivity (Wildman–Crippen MR) is 257 cm³/mol. The number of nitrogens with zero attached hydrogens (tertiary/aromatic N) is 5. The number of halogens is 2. The number of aromatic nitrogens is 3. The van der Waals surface area contributed by atoms with Crippen molar-refractivity contribution in [3.8, 4) is 17.4 Å². The number of sulfonamides is 1. The largest absolute Gasteiger partial charge is 0.451 e. The Morgan fingerprint density at radius 1 is 1.01 bits per heavy atom. The van der Waals surface area contributed by atoms with Crippen LogP contribution in [-0.4, -0.2) is 91.1 Å². The first-order valence-corrected chi connectivity index (χ1v) is 25.3. The Morgan fingerprint density at radius 3 is 2.49 bits per heavy atom. The van der Waals surface area contributed by atoms with E-state index in [0.29, 0.717) is 55.9 Å². The zero-order valence-corrected chi connectivity index (χ0v) is 40.2. The number of anilines is 2. The topological polar surface area (TPSA) is 194 Å². The number of nitro groups is 1. The van der Waals surface area contributed by atoms with Crippen LogP contribution in [0.4, 0.5) is 26.0 Å². The summed E-state index contributed by atoms with van der Waals surface area (Å²) in [7, 11) is -4.75. The Bertz CT molecular complexity index is 2800. The van der Waals surface area contributed by atoms with E-state index in [0.717, 1.165) is 70.2 Å². The van der Waals surface area contributed by atoms with Crippen LogP contribution in [0.1, 0.15) is 113 Å². The minimum absolute atomic E-state index is 0.0778. The van der Waals surface area contributed by atoms with E-state index in [-0.39, 0.29) is 51.3 Å². The van der Waals surface area contributed by atoms with Crippen molar-refractivity contribution >= 4 is 44.2 Å². The summed E-state index contributed by atoms with van der Waals surface area (Å²) in [5.74, 6) is -1.50. The molecule has 69 heavy (non-hydrogen) atoms. The van der Waals surface area contributed by atoms with Crippen molar-refractivity contribution in [2.24, 2.45) is 16.7 Å². The van der Waals surface area contributed by atoms with E-state index < -0.39 is 43.9 Å². The number of ether oxygens (including phenoxy) is 3. The molecule has 3 N–H and O–H groups in total. The van der Waals surface area contributed by atoms with Gasteiger partial charge in [0.15, 0.2) is 5.75 Å². The molecule has 0 unspecified atom stereocenters. The van der Waals surface area contributed by atoms with Crippen LogP contribution in [0.5, 0.6) is 17.4 Å². The molecule has 5 heterocycles. The summed E-state index contributed by atoms with van der Waals surface area (Å²) >= 11 is 0. The number of hydrogen-bond donors (Lipinski definition) is 3. The lowest BCUT2D eigenvalue weighted by Gasteiger charge is -2.57. The highest BCUT2D eigenvalue weighted by atomic mass is 32.2. The van der Waals surface area contributed by atoms with Crippen molar-refractivity contribution in [3.63, 3.8) is 0 Å². The van der Waals surface area contributed by atoms with E-state index in [4.69, 9.17) is 14.2 Å². The van der Waals surface area contributed by atoms with Crippen molar-refractivity contribution in [2.75, 3.05) is 49.6 Å². The van der Waals surface area contributed by atoms with Crippen LogP contribution in [0, 0.1) is 26.9 Å². The van der Waals surface area contributed by atoms with Gasteiger partial charge in [0.05, 0.1) is 35.9 Å². The average molecular weight is 971 g/mol. The van der Waals surface area contributed by atoms with Gasteiger partial charge in [0.1, 0.15) is 16.3 Å². The number of alkyl halides is 2. The molecule has 9 rings (SSSR count). The van der Waals surface area contributed by atoms with Crippen LogP contribution in [0.2, 0.25) is 0 Å². The lowest BCUT2D eigenvalue weighted by Crippen LogP contribution is -2.58. The maximum atomic E-state index is 14.1. The molecular weight excluding hydrogens is 911 g/mol. The van der Waals surface area contributed by atoms with E-state index in [9.17, 15) is 32.1 Å². The number of morpholine rings is 1. The van der Waals surface area contributed by atoms with Gasteiger partial charge < -0.3 is 29.4 Å². The molecule has 2 aliphatic heterocycles. The third kappa shape index (κ3) is 10.5. The number of hydrogen-bond acceptors (Lipinski definition) is 13. The Labute approximate surface area is 400 Å². The molecule has 2 aromatic carbocycles. The normalized spacial score (nSPS) is 20.0. The Kier molecular flexibility index (Phi) is 13.6. The summed E-state index contributed by atoms with van der Waals surface area (Å²) in [5.41, 5.74) is 3.19. The minimum atomic E-state index is -4.75. The fourth-order valence-corrected chi connectivity index (χ4v) is 11.7. The van der Waals surface area contributed by atoms with Gasteiger partial charge >= 0.3 is 12.3 Å². The van der Waals surface area contributed by atoms with Crippen LogP contribution in [0.15, 0.2) is 78.0 Å². The first-order chi connectivity index (χ1) is 33.0. The molecule has 0 radical (unpaired) electrons. The number of pyridine rings is 2. The molecule has 4 aliphatic rings. The highest BCUT2D eigenvalue weighted by molar-refractivity contribution is 7.90. The summed E-state index contributed by atoms with van der Waals surface area (Å²) in [6.45, 7) is 9.71. The highest BCUT2D eigenvalue weighted by Gasteiger charge is 2.50. The number of amides is 1. The molecule has 4 fully saturated rings. The first kappa shape index (κ1) is 48.1. The molecule has 2 saturated carbocycles. The maximum Gasteiger partial charge on any atom is 0.388 e. The molecule has 1 spiro atoms. The molecular formula is C50H60F2N8O8S. The number of fused-ring (bicyclic) bond motifs is 1. The minimum Gasteiger partial charge on any atom is -0.451 e. The number of benzene rings is 2. The van der Waals surface area contributed by atoms with Crippen LogP contribution in [0.3, 0.4) is 0 Å². The molecule has 5 aromatic rings. The Morgan fingerprint density at radius 2 is 1.77 bits per heavy atom. The van der Waals surface area contributed by atoms with E-state index in [1.165, 1.54) is 23.3 Å². The molecule has 1 amide bonds. The second-order valence-corrected chi connectivity index (χ2v) is 21.9. The van der Waals surface area contributed by atoms with Crippen molar-refractivity contribution in [2.45, 2.75) is 109 Å². The molecule has 2 aliphatic carbocycles. The number of nitrogens with one attached hydrogen (secondary N) is 3. The van der Waals surface area contributed by atoms with Gasteiger partial charge in [0.2, 0.25) is 5.82 Å². The number of rotatable bonds is 15. The van der Waals surface area contributed by atoms with Gasteiger partial charge in [-0.2, -0.15) is 13.8 Å². The molecule has 1 atom stereocenters. The van der Waals surface area contributed by atoms with Crippen LogP contribution in [-0.2, 0) is 14.8 Å². The quantitative estimate of drug-likeness (QED) is 0.0663. The third-order valence-corrected chi connectivity index (χ3v) is 16.1. The first-order valence-electron chi connectivity index (χ1n) is 23.8. The second kappa shape index (κ2) is 19.5. The second-order valence-electron chi connectivity index (χ2n) is 20.2. The van der Waals surface area contributed by atoms with E-state index >= 15 is 0 Å². The lowest BCUT2D eigenvalue weighted by molar-refractivity contribution is -0.384. The van der Waals surface area contributed by atoms with E-state index in [1.807, 2.05) is 4.72 Å². The maximum absolute atomic E-state index is 14.1. The summed E-state index contributed by atoms with van der Waals surface area (Å²) < 4.78 is 74.1. The Balaban J connectivity index is 0.935. The highest BCUT2D eigenvalue weighted by Crippen LogP contribution is 2.53. The molecule has 16 nitrogen and oxygen atoms in total. The SMILES string of the molecule is CC(C)c1ccccc1[C@@H]1COCCN1C1CC2(CCN(c3ccc(C(=O)NS(=O)(=O)c4cnc(NCC5CCC(C)(C)CC5)c([N+](=O)[O-])c4)c(Oc4cc5cc[nH]c5nc4OC(F)F)c3)CC2)C1. The van der Waals surface area contributed by atoms with Gasteiger partial charge in [0, 0.05) is 61.6 Å². The summed E-state index contributed by atoms with van der Waals surface area (Å²) in [6, 6.07) is 17.9. The number of aromatic amines is 1. The average Bonchev–Trinajstić information content (AvgIpc) is 3.77. The lowest BCUT2D eigenvalue weighted by atomic mass is 9.59. The number of piperidine rings is 1. The molecule has 19 heteroatoms. The third-order valence-electron chi connectivity index (χ3n) is 14.8. The van der Waals surface area contributed by atoms with Crippen LogP contribution >= 0.6 is 0 Å². The standard InChI is InChI=1S/C50H60F2N8O8S/c1-31(2)37-7-5-6-8-38(37)41-30-66-22-21-59(41)35-26-50(27-35)16-19-58(20-17-50)34-9-10-39(42(24-34)67-43-23-33-13-18-53-44(33)56-47(43)68-48(51)52)46(61)57-69(64,65)36-25-40(60(62)63)45(55-29-36)54-28-32-11-14-49(3,4)15-12-32/h5-10,13,18,23-25,29,31-32,35,41,48H,11-12,14-17,19-22,26-28,30H2,1-4H3,(H,53,56)(H,54,55)(H,57,61)/t41-/m0/s1. The van der Waals surface area contributed by atoms with Gasteiger partial charge in [-0.15, -0.1) is 0 Å². The number of carbonyl (C=O) groups excluding carboxylic acids is 1. The van der Waals surface area contributed by atoms with Gasteiger partial charge in [-0.1, -0.05) is 52.0 Å². The van der Waals surface area contributed by atoms with Crippen molar-refractivity contribution in [1.82, 2.24) is 24.6 Å². The molecule has 368 valence electrons. The zero-order valence-electron chi connectivity index (χ0n) is 39.4. The Hall–Kier alpha value is -5.92. The molecule has 2 saturated heterocycles. The van der Waals surface area contributed by atoms with Crippen molar-refractivity contribution < 1.29 is 41.1 Å². The van der Waals surface area contributed by atoms with Gasteiger partial charge in [-0.3, -0.25) is 19.8 Å². The summed E-state index contributed by atoms with van der Waals surface area (Å²) in [5, 5.41) is 15.7. The molecule has 0 bridgehead atoms. The fraction of sp³-hybridized carbons (Fsp3) is 0.500. The smallest absolute Gasteiger partial charge is 0.388 e. The number of H-pyrrole nitrogens is 1. The number of carbonyl (C=O) groups is 1. The summed E-state index contributed by atoms with van der Waals surface area (Å²) in [6.07, 6.45) is 10.4. The van der Waals surface area contributed by atoms with Crippen LogP contribution < -0.4 is 24.4 Å². The molecule has 3 aromatic heterocycles.